The van der Waals surface area contributed by atoms with Gasteiger partial charge in [0, 0.05) is 25.1 Å². The second-order valence-electron chi connectivity index (χ2n) is 5.93. The maximum absolute atomic E-state index is 12.5. The number of aromatic nitrogens is 2. The molecule has 2 aliphatic rings. The first kappa shape index (κ1) is 14.6. The van der Waals surface area contributed by atoms with Crippen molar-refractivity contribution in [1.82, 2.24) is 14.5 Å². The number of hydrogen-bond donors (Lipinski definition) is 0. The molecule has 0 N–H and O–H groups in total. The van der Waals surface area contributed by atoms with Crippen molar-refractivity contribution in [1.29, 1.82) is 0 Å². The van der Waals surface area contributed by atoms with Gasteiger partial charge in [-0.05, 0) is 25.7 Å². The summed E-state index contributed by atoms with van der Waals surface area (Å²) in [7, 11) is 0. The zero-order valence-electron chi connectivity index (χ0n) is 12.1. The zero-order valence-corrected chi connectivity index (χ0v) is 12.8. The van der Waals surface area contributed by atoms with Crippen molar-refractivity contribution >= 4 is 17.5 Å². The molecule has 1 aliphatic heterocycles. The molecule has 5 nitrogen and oxygen atoms in total. The molecule has 114 valence electrons. The van der Waals surface area contributed by atoms with Gasteiger partial charge in [0.25, 0.3) is 5.56 Å². The summed E-state index contributed by atoms with van der Waals surface area (Å²) in [6.07, 6.45) is 6.50. The Morgan fingerprint density at radius 1 is 1.24 bits per heavy atom. The van der Waals surface area contributed by atoms with Crippen LogP contribution in [0.4, 0.5) is 0 Å². The summed E-state index contributed by atoms with van der Waals surface area (Å²) in [4.78, 5) is 30.8. The molecular weight excluding hydrogens is 290 g/mol. The summed E-state index contributed by atoms with van der Waals surface area (Å²) in [6.45, 7) is 1.69. The third-order valence-electron chi connectivity index (χ3n) is 4.20. The van der Waals surface area contributed by atoms with Crippen molar-refractivity contribution < 1.29 is 4.79 Å². The Balaban J connectivity index is 1.80. The molecule has 1 saturated carbocycles. The van der Waals surface area contributed by atoms with E-state index in [-0.39, 0.29) is 29.1 Å². The van der Waals surface area contributed by atoms with Crippen LogP contribution in [-0.4, -0.2) is 33.4 Å². The van der Waals surface area contributed by atoms with E-state index in [1.54, 1.807) is 0 Å². The maximum Gasteiger partial charge on any atom is 0.255 e. The molecule has 0 atom stereocenters. The van der Waals surface area contributed by atoms with Crippen LogP contribution in [0, 0.1) is 0 Å². The molecule has 2 fully saturated rings. The SMILES string of the molecule is O=C(Cn1c(C2CC2)nc(Cl)cc1=O)N1CCCCCC1. The van der Waals surface area contributed by atoms with E-state index in [4.69, 9.17) is 11.6 Å². The number of carbonyl (C=O) groups excluding carboxylic acids is 1. The van der Waals surface area contributed by atoms with Crippen molar-refractivity contribution in [3.63, 3.8) is 0 Å². The summed E-state index contributed by atoms with van der Waals surface area (Å²) in [5, 5.41) is 0.223. The smallest absolute Gasteiger partial charge is 0.255 e. The lowest BCUT2D eigenvalue weighted by Gasteiger charge is -2.21. The molecule has 1 aliphatic carbocycles. The highest BCUT2D eigenvalue weighted by atomic mass is 35.5. The topological polar surface area (TPSA) is 55.2 Å². The van der Waals surface area contributed by atoms with Gasteiger partial charge in [0.1, 0.15) is 17.5 Å². The number of carbonyl (C=O) groups is 1. The van der Waals surface area contributed by atoms with Crippen LogP contribution in [0.3, 0.4) is 0 Å². The van der Waals surface area contributed by atoms with Gasteiger partial charge in [0.15, 0.2) is 0 Å². The van der Waals surface area contributed by atoms with Crippen molar-refractivity contribution in [3.05, 3.63) is 27.4 Å². The van der Waals surface area contributed by atoms with E-state index in [0.717, 1.165) is 38.8 Å². The summed E-state index contributed by atoms with van der Waals surface area (Å²) < 4.78 is 1.51. The second-order valence-corrected chi connectivity index (χ2v) is 6.32. The van der Waals surface area contributed by atoms with Crippen LogP contribution >= 0.6 is 11.6 Å². The Hall–Kier alpha value is -1.36. The molecule has 0 aromatic carbocycles. The van der Waals surface area contributed by atoms with Gasteiger partial charge in [-0.3, -0.25) is 14.2 Å². The molecule has 6 heteroatoms. The van der Waals surface area contributed by atoms with Gasteiger partial charge < -0.3 is 4.90 Å². The van der Waals surface area contributed by atoms with Crippen LogP contribution in [0.25, 0.3) is 0 Å². The lowest BCUT2D eigenvalue weighted by atomic mass is 10.2. The molecule has 0 radical (unpaired) electrons. The van der Waals surface area contributed by atoms with Crippen molar-refractivity contribution in [2.45, 2.75) is 51.0 Å². The molecule has 0 unspecified atom stereocenters. The first-order valence-corrected chi connectivity index (χ1v) is 8.08. The maximum atomic E-state index is 12.5. The quantitative estimate of drug-likeness (QED) is 0.804. The fraction of sp³-hybridized carbons (Fsp3) is 0.667. The van der Waals surface area contributed by atoms with Gasteiger partial charge in [-0.15, -0.1) is 0 Å². The minimum absolute atomic E-state index is 0.0185. The lowest BCUT2D eigenvalue weighted by Crippen LogP contribution is -2.38. The Kier molecular flexibility index (Phi) is 4.29. The average Bonchev–Trinajstić information content (AvgIpc) is 3.27. The minimum atomic E-state index is -0.222. The van der Waals surface area contributed by atoms with Crippen molar-refractivity contribution in [3.8, 4) is 0 Å². The summed E-state index contributed by atoms with van der Waals surface area (Å²) in [5.41, 5.74) is -0.222. The predicted octanol–water partition coefficient (Wildman–Crippen LogP) is 2.18. The lowest BCUT2D eigenvalue weighted by molar-refractivity contribution is -0.131. The van der Waals surface area contributed by atoms with E-state index in [2.05, 4.69) is 4.98 Å². The molecule has 1 saturated heterocycles. The molecule has 1 aromatic rings. The van der Waals surface area contributed by atoms with Gasteiger partial charge in [0.05, 0.1) is 0 Å². The Morgan fingerprint density at radius 2 is 1.90 bits per heavy atom. The van der Waals surface area contributed by atoms with Crippen molar-refractivity contribution in [2.24, 2.45) is 0 Å². The van der Waals surface area contributed by atoms with Gasteiger partial charge >= 0.3 is 0 Å². The number of likely N-dealkylation sites (tertiary alicyclic amines) is 1. The van der Waals surface area contributed by atoms with Crippen LogP contribution in [-0.2, 0) is 11.3 Å². The molecule has 1 aromatic heterocycles. The number of nitrogens with zero attached hydrogens (tertiary/aromatic N) is 3. The van der Waals surface area contributed by atoms with Crippen LogP contribution in [0.2, 0.25) is 5.15 Å². The molecular formula is C15H20ClN3O2. The fourth-order valence-electron chi connectivity index (χ4n) is 2.86. The predicted molar refractivity (Wildman–Crippen MR) is 80.5 cm³/mol. The van der Waals surface area contributed by atoms with Gasteiger partial charge in [-0.25, -0.2) is 4.98 Å². The van der Waals surface area contributed by atoms with Gasteiger partial charge in [0.2, 0.25) is 5.91 Å². The van der Waals surface area contributed by atoms with Crippen LogP contribution in [0.15, 0.2) is 10.9 Å². The van der Waals surface area contributed by atoms with Crippen LogP contribution < -0.4 is 5.56 Å². The Morgan fingerprint density at radius 3 is 2.52 bits per heavy atom. The summed E-state index contributed by atoms with van der Waals surface area (Å²) in [5.74, 6) is 0.981. The minimum Gasteiger partial charge on any atom is -0.341 e. The number of halogens is 1. The standard InChI is InChI=1S/C15H20ClN3O2/c16-12-9-13(20)19(15(17-12)11-5-6-11)10-14(21)18-7-3-1-2-4-8-18/h9,11H,1-8,10H2. The van der Waals surface area contributed by atoms with Crippen molar-refractivity contribution in [2.75, 3.05) is 13.1 Å². The van der Waals surface area contributed by atoms with Gasteiger partial charge in [-0.1, -0.05) is 24.4 Å². The van der Waals surface area contributed by atoms with E-state index in [1.165, 1.54) is 23.5 Å². The summed E-state index contributed by atoms with van der Waals surface area (Å²) in [6, 6.07) is 1.29. The zero-order chi connectivity index (χ0) is 14.8. The number of amides is 1. The monoisotopic (exact) mass is 309 g/mol. The first-order valence-electron chi connectivity index (χ1n) is 7.70. The molecule has 0 bridgehead atoms. The molecule has 3 rings (SSSR count). The van der Waals surface area contributed by atoms with E-state index < -0.39 is 0 Å². The van der Waals surface area contributed by atoms with E-state index in [0.29, 0.717) is 5.82 Å². The molecule has 2 heterocycles. The highest BCUT2D eigenvalue weighted by molar-refractivity contribution is 6.29. The second kappa shape index (κ2) is 6.18. The molecule has 21 heavy (non-hydrogen) atoms. The fourth-order valence-corrected chi connectivity index (χ4v) is 3.04. The normalized spacial score (nSPS) is 19.4. The average molecular weight is 310 g/mol. The summed E-state index contributed by atoms with van der Waals surface area (Å²) >= 11 is 5.88. The van der Waals surface area contributed by atoms with E-state index in [9.17, 15) is 9.59 Å². The molecule has 1 amide bonds. The third kappa shape index (κ3) is 3.46. The Labute approximate surface area is 128 Å². The number of rotatable bonds is 3. The Bertz CT molecular complexity index is 587. The first-order chi connectivity index (χ1) is 10.1. The largest absolute Gasteiger partial charge is 0.341 e. The highest BCUT2D eigenvalue weighted by Crippen LogP contribution is 2.38. The van der Waals surface area contributed by atoms with Gasteiger partial charge in [-0.2, -0.15) is 0 Å². The van der Waals surface area contributed by atoms with Crippen LogP contribution in [0.1, 0.15) is 50.3 Å². The van der Waals surface area contributed by atoms with E-state index in [1.807, 2.05) is 4.90 Å². The number of hydrogen-bond acceptors (Lipinski definition) is 3. The third-order valence-corrected chi connectivity index (χ3v) is 4.39. The molecule has 0 spiro atoms. The highest BCUT2D eigenvalue weighted by Gasteiger charge is 2.30. The van der Waals surface area contributed by atoms with Crippen LogP contribution in [0.5, 0.6) is 0 Å². The van der Waals surface area contributed by atoms with E-state index >= 15 is 0 Å².